The molecule has 0 aromatic heterocycles. The molecule has 3 N–H and O–H groups in total. The number of carboxylic acids is 1. The van der Waals surface area contributed by atoms with Gasteiger partial charge in [-0.3, -0.25) is 14.5 Å². The summed E-state index contributed by atoms with van der Waals surface area (Å²) in [4.78, 5) is 26.5. The molecule has 0 saturated carbocycles. The minimum Gasteiger partial charge on any atom is -0.481 e. The summed E-state index contributed by atoms with van der Waals surface area (Å²) < 4.78 is 55.8. The first-order valence-electron chi connectivity index (χ1n) is 13.4. The molecule has 1 aliphatic rings. The SMILES string of the molecule is Cc1ccc(S(=O)(=O)N2CCN(Cc3ccc(CC(=O)O)cc3)CC2C(=O)NCCNS(=O)(=O)c2ccccc2)cc1. The van der Waals surface area contributed by atoms with Crippen molar-refractivity contribution >= 4 is 31.9 Å². The van der Waals surface area contributed by atoms with Gasteiger partial charge in [-0.1, -0.05) is 60.2 Å². The molecular weight excluding hydrogens is 580 g/mol. The number of carbonyl (C=O) groups is 2. The summed E-state index contributed by atoms with van der Waals surface area (Å²) in [6, 6.07) is 20.4. The Balaban J connectivity index is 1.46. The molecule has 11 nitrogen and oxygen atoms in total. The van der Waals surface area contributed by atoms with Crippen molar-refractivity contribution in [2.45, 2.75) is 35.7 Å². The topological polar surface area (TPSA) is 153 Å². The van der Waals surface area contributed by atoms with E-state index < -0.39 is 38.0 Å². The Morgan fingerprint density at radius 3 is 2.12 bits per heavy atom. The molecule has 1 saturated heterocycles. The third-order valence-corrected chi connectivity index (χ3v) is 10.3. The molecule has 3 aromatic carbocycles. The maximum absolute atomic E-state index is 13.6. The van der Waals surface area contributed by atoms with Crippen LogP contribution in [0.2, 0.25) is 0 Å². The van der Waals surface area contributed by atoms with Crippen molar-refractivity contribution in [2.75, 3.05) is 32.7 Å². The summed E-state index contributed by atoms with van der Waals surface area (Å²) in [7, 11) is -7.76. The lowest BCUT2D eigenvalue weighted by atomic mass is 10.1. The van der Waals surface area contributed by atoms with Crippen LogP contribution in [0.25, 0.3) is 0 Å². The highest BCUT2D eigenvalue weighted by Gasteiger charge is 2.40. The van der Waals surface area contributed by atoms with E-state index in [4.69, 9.17) is 5.11 Å². The number of carbonyl (C=O) groups excluding carboxylic acids is 1. The molecular formula is C29H34N4O7S2. The first-order chi connectivity index (χ1) is 20.0. The number of aryl methyl sites for hydroxylation is 1. The van der Waals surface area contributed by atoms with Crippen LogP contribution in [0.15, 0.2) is 88.7 Å². The van der Waals surface area contributed by atoms with Gasteiger partial charge in [-0.05, 0) is 42.3 Å². The number of hydrogen-bond acceptors (Lipinski definition) is 7. The zero-order chi connectivity index (χ0) is 30.3. The van der Waals surface area contributed by atoms with E-state index in [1.54, 1.807) is 42.5 Å². The summed E-state index contributed by atoms with van der Waals surface area (Å²) in [5.41, 5.74) is 2.47. The van der Waals surface area contributed by atoms with Crippen LogP contribution in [0, 0.1) is 6.92 Å². The quantitative estimate of drug-likeness (QED) is 0.260. The van der Waals surface area contributed by atoms with Gasteiger partial charge in [0.1, 0.15) is 6.04 Å². The molecule has 1 atom stereocenters. The van der Waals surface area contributed by atoms with Crippen molar-refractivity contribution in [3.63, 3.8) is 0 Å². The van der Waals surface area contributed by atoms with E-state index in [-0.39, 0.29) is 42.4 Å². The maximum atomic E-state index is 13.6. The molecule has 0 bridgehead atoms. The molecule has 1 unspecified atom stereocenters. The average molecular weight is 615 g/mol. The van der Waals surface area contributed by atoms with Gasteiger partial charge in [0.15, 0.2) is 0 Å². The molecule has 224 valence electrons. The van der Waals surface area contributed by atoms with E-state index in [0.29, 0.717) is 18.7 Å². The second-order valence-electron chi connectivity index (χ2n) is 10.1. The number of amides is 1. The number of benzene rings is 3. The van der Waals surface area contributed by atoms with Crippen LogP contribution in [-0.4, -0.2) is 81.8 Å². The van der Waals surface area contributed by atoms with E-state index in [9.17, 15) is 26.4 Å². The molecule has 0 spiro atoms. The van der Waals surface area contributed by atoms with Crippen LogP contribution in [0.5, 0.6) is 0 Å². The van der Waals surface area contributed by atoms with Gasteiger partial charge in [0, 0.05) is 39.3 Å². The van der Waals surface area contributed by atoms with Gasteiger partial charge in [0.05, 0.1) is 16.2 Å². The molecule has 1 amide bonds. The molecule has 1 fully saturated rings. The van der Waals surface area contributed by atoms with Crippen molar-refractivity contribution in [3.8, 4) is 0 Å². The molecule has 42 heavy (non-hydrogen) atoms. The summed E-state index contributed by atoms with van der Waals surface area (Å²) >= 11 is 0. The first-order valence-corrected chi connectivity index (χ1v) is 16.3. The van der Waals surface area contributed by atoms with E-state index in [1.165, 1.54) is 28.6 Å². The zero-order valence-corrected chi connectivity index (χ0v) is 24.8. The van der Waals surface area contributed by atoms with Gasteiger partial charge in [-0.15, -0.1) is 0 Å². The highest BCUT2D eigenvalue weighted by Crippen LogP contribution is 2.23. The second-order valence-corrected chi connectivity index (χ2v) is 13.7. The fourth-order valence-corrected chi connectivity index (χ4v) is 7.30. The summed E-state index contributed by atoms with van der Waals surface area (Å²) in [6.07, 6.45) is -0.0838. The fourth-order valence-electron chi connectivity index (χ4n) is 4.68. The monoisotopic (exact) mass is 614 g/mol. The predicted molar refractivity (Wildman–Crippen MR) is 157 cm³/mol. The molecule has 3 aromatic rings. The predicted octanol–water partition coefficient (Wildman–Crippen LogP) is 1.59. The number of piperazine rings is 1. The Kier molecular flexibility index (Phi) is 10.1. The lowest BCUT2D eigenvalue weighted by Gasteiger charge is -2.39. The molecule has 0 aliphatic carbocycles. The molecule has 0 radical (unpaired) electrons. The van der Waals surface area contributed by atoms with Crippen LogP contribution >= 0.6 is 0 Å². The maximum Gasteiger partial charge on any atom is 0.307 e. The van der Waals surface area contributed by atoms with Gasteiger partial charge in [-0.25, -0.2) is 21.6 Å². The third kappa shape index (κ3) is 8.01. The number of nitrogens with one attached hydrogen (secondary N) is 2. The van der Waals surface area contributed by atoms with E-state index in [0.717, 1.165) is 11.1 Å². The van der Waals surface area contributed by atoms with E-state index in [2.05, 4.69) is 10.0 Å². The normalized spacial score (nSPS) is 16.6. The summed E-state index contributed by atoms with van der Waals surface area (Å²) in [6.45, 7) is 2.74. The zero-order valence-electron chi connectivity index (χ0n) is 23.1. The number of sulfonamides is 2. The van der Waals surface area contributed by atoms with E-state index >= 15 is 0 Å². The molecule has 1 aliphatic heterocycles. The fraction of sp³-hybridized carbons (Fsp3) is 0.310. The standard InChI is InChI=1S/C29H34N4O7S2/c1-22-7-13-26(14-8-22)42(39,40)33-18-17-32(20-24-11-9-23(10-12-24)19-28(34)35)21-27(33)29(36)30-15-16-31-41(37,38)25-5-3-2-4-6-25/h2-14,27,31H,15-21H2,1H3,(H,30,36)(H,34,35). The van der Waals surface area contributed by atoms with Gasteiger partial charge in [0.2, 0.25) is 26.0 Å². The number of hydrogen-bond donors (Lipinski definition) is 3. The van der Waals surface area contributed by atoms with Crippen LogP contribution in [0.4, 0.5) is 0 Å². The van der Waals surface area contributed by atoms with Crippen LogP contribution in [0.1, 0.15) is 16.7 Å². The Morgan fingerprint density at radius 2 is 1.48 bits per heavy atom. The molecule has 13 heteroatoms. The lowest BCUT2D eigenvalue weighted by Crippen LogP contribution is -2.60. The van der Waals surface area contributed by atoms with Gasteiger partial charge in [-0.2, -0.15) is 4.31 Å². The molecule has 1 heterocycles. The minimum absolute atomic E-state index is 0.0368. The lowest BCUT2D eigenvalue weighted by molar-refractivity contribution is -0.136. The van der Waals surface area contributed by atoms with Crippen molar-refractivity contribution < 1.29 is 31.5 Å². The van der Waals surface area contributed by atoms with Crippen molar-refractivity contribution in [2.24, 2.45) is 0 Å². The Morgan fingerprint density at radius 1 is 0.833 bits per heavy atom. The highest BCUT2D eigenvalue weighted by molar-refractivity contribution is 7.89. The third-order valence-electron chi connectivity index (χ3n) is 6.90. The van der Waals surface area contributed by atoms with Crippen LogP contribution in [0.3, 0.4) is 0 Å². The van der Waals surface area contributed by atoms with Crippen molar-refractivity contribution in [1.29, 1.82) is 0 Å². The minimum atomic E-state index is -4.00. The first kappa shape index (κ1) is 31.3. The van der Waals surface area contributed by atoms with Gasteiger partial charge < -0.3 is 10.4 Å². The number of aliphatic carboxylic acids is 1. The van der Waals surface area contributed by atoms with Crippen molar-refractivity contribution in [3.05, 3.63) is 95.6 Å². The number of rotatable bonds is 12. The highest BCUT2D eigenvalue weighted by atomic mass is 32.2. The largest absolute Gasteiger partial charge is 0.481 e. The van der Waals surface area contributed by atoms with Gasteiger partial charge in [0.25, 0.3) is 0 Å². The second kappa shape index (κ2) is 13.6. The van der Waals surface area contributed by atoms with Crippen LogP contribution < -0.4 is 10.0 Å². The van der Waals surface area contributed by atoms with Crippen molar-refractivity contribution in [1.82, 2.24) is 19.2 Å². The smallest absolute Gasteiger partial charge is 0.307 e. The van der Waals surface area contributed by atoms with Crippen LogP contribution in [-0.2, 0) is 42.6 Å². The Bertz CT molecular complexity index is 1600. The summed E-state index contributed by atoms with van der Waals surface area (Å²) in [5, 5.41) is 11.7. The average Bonchev–Trinajstić information content (AvgIpc) is 2.96. The Hall–Kier alpha value is -3.62. The number of carboxylic acid groups (broad SMARTS) is 1. The van der Waals surface area contributed by atoms with Gasteiger partial charge >= 0.3 is 5.97 Å². The Labute approximate surface area is 246 Å². The van der Waals surface area contributed by atoms with E-state index in [1.807, 2.05) is 24.0 Å². The summed E-state index contributed by atoms with van der Waals surface area (Å²) in [5.74, 6) is -1.46. The number of nitrogens with zero attached hydrogens (tertiary/aromatic N) is 2. The molecule has 4 rings (SSSR count).